The van der Waals surface area contributed by atoms with Gasteiger partial charge in [0.2, 0.25) is 0 Å². The number of aliphatic hydroxyl groups is 1. The molecule has 0 spiro atoms. The van der Waals surface area contributed by atoms with Gasteiger partial charge in [0.1, 0.15) is 0 Å². The molecule has 1 atom stereocenters. The highest BCUT2D eigenvalue weighted by molar-refractivity contribution is 5.75. The molecule has 0 aliphatic carbocycles. The molecule has 1 aromatic rings. The first-order valence-electron chi connectivity index (χ1n) is 8.95. The van der Waals surface area contributed by atoms with E-state index in [0.29, 0.717) is 6.54 Å². The summed E-state index contributed by atoms with van der Waals surface area (Å²) in [5, 5.41) is 12.6. The number of carbonyl (C=O) groups is 1. The van der Waals surface area contributed by atoms with Gasteiger partial charge in [-0.2, -0.15) is 0 Å². The molecule has 2 N–H and O–H groups in total. The molecule has 0 bridgehead atoms. The maximum absolute atomic E-state index is 12.6. The Balaban J connectivity index is 1.73. The van der Waals surface area contributed by atoms with Crippen molar-refractivity contribution in [3.8, 4) is 0 Å². The van der Waals surface area contributed by atoms with Crippen LogP contribution >= 0.6 is 0 Å². The van der Waals surface area contributed by atoms with Gasteiger partial charge in [-0.25, -0.2) is 4.79 Å². The van der Waals surface area contributed by atoms with Crippen LogP contribution in [0.15, 0.2) is 24.3 Å². The molecule has 1 aromatic carbocycles. The van der Waals surface area contributed by atoms with E-state index in [-0.39, 0.29) is 24.1 Å². The Morgan fingerprint density at radius 1 is 1.38 bits per heavy atom. The van der Waals surface area contributed by atoms with E-state index in [1.807, 2.05) is 0 Å². The zero-order valence-electron chi connectivity index (χ0n) is 14.5. The smallest absolute Gasteiger partial charge is 0.317 e. The van der Waals surface area contributed by atoms with E-state index in [1.165, 1.54) is 11.1 Å². The minimum absolute atomic E-state index is 0.0332. The Morgan fingerprint density at radius 2 is 2.12 bits per heavy atom. The number of urea groups is 1. The van der Waals surface area contributed by atoms with Gasteiger partial charge >= 0.3 is 6.03 Å². The van der Waals surface area contributed by atoms with Crippen molar-refractivity contribution in [2.24, 2.45) is 0 Å². The summed E-state index contributed by atoms with van der Waals surface area (Å²) in [4.78, 5) is 14.4. The van der Waals surface area contributed by atoms with Crippen LogP contribution in [0.3, 0.4) is 0 Å². The molecule has 3 rings (SSSR count). The fourth-order valence-electron chi connectivity index (χ4n) is 4.11. The lowest BCUT2D eigenvalue weighted by atomic mass is 9.72. The minimum Gasteiger partial charge on any atom is -0.394 e. The Bertz CT molecular complexity index is 569. The van der Waals surface area contributed by atoms with Crippen LogP contribution in [0.2, 0.25) is 0 Å². The SMILES string of the molecule is Cc1ccccc1C1(CNC(=O)N2CCCC2CO)CCOCC1. The summed E-state index contributed by atoms with van der Waals surface area (Å²) < 4.78 is 5.57. The lowest BCUT2D eigenvalue weighted by Gasteiger charge is -2.39. The molecule has 132 valence electrons. The summed E-state index contributed by atoms with van der Waals surface area (Å²) in [6.45, 7) is 4.99. The highest BCUT2D eigenvalue weighted by Crippen LogP contribution is 2.36. The molecular formula is C19H28N2O3. The van der Waals surface area contributed by atoms with Crippen LogP contribution < -0.4 is 5.32 Å². The molecule has 1 unspecified atom stereocenters. The van der Waals surface area contributed by atoms with E-state index < -0.39 is 0 Å². The van der Waals surface area contributed by atoms with Crippen LogP contribution in [0.25, 0.3) is 0 Å². The first-order chi connectivity index (χ1) is 11.7. The van der Waals surface area contributed by atoms with Crippen LogP contribution in [-0.2, 0) is 10.2 Å². The molecule has 0 radical (unpaired) electrons. The normalized spacial score (nSPS) is 23.2. The molecule has 5 nitrogen and oxygen atoms in total. The highest BCUT2D eigenvalue weighted by atomic mass is 16.5. The van der Waals surface area contributed by atoms with Crippen molar-refractivity contribution < 1.29 is 14.6 Å². The van der Waals surface area contributed by atoms with Crippen LogP contribution in [0.4, 0.5) is 4.79 Å². The summed E-state index contributed by atoms with van der Waals surface area (Å²) in [6, 6.07) is 8.36. The number of amides is 2. The third kappa shape index (κ3) is 3.42. The van der Waals surface area contributed by atoms with Crippen LogP contribution in [0.1, 0.15) is 36.8 Å². The van der Waals surface area contributed by atoms with Crippen molar-refractivity contribution in [2.75, 3.05) is 32.9 Å². The number of aliphatic hydroxyl groups excluding tert-OH is 1. The van der Waals surface area contributed by atoms with Gasteiger partial charge in [-0.1, -0.05) is 24.3 Å². The third-order valence-electron chi connectivity index (χ3n) is 5.59. The van der Waals surface area contributed by atoms with Crippen molar-refractivity contribution in [1.29, 1.82) is 0 Å². The number of hydrogen-bond donors (Lipinski definition) is 2. The monoisotopic (exact) mass is 332 g/mol. The molecule has 0 saturated carbocycles. The summed E-state index contributed by atoms with van der Waals surface area (Å²) >= 11 is 0. The van der Waals surface area contributed by atoms with E-state index >= 15 is 0 Å². The fraction of sp³-hybridized carbons (Fsp3) is 0.632. The third-order valence-corrected chi connectivity index (χ3v) is 5.59. The molecule has 24 heavy (non-hydrogen) atoms. The predicted octanol–water partition coefficient (Wildman–Crippen LogP) is 2.21. The average Bonchev–Trinajstić information content (AvgIpc) is 3.10. The molecule has 0 aromatic heterocycles. The number of nitrogens with one attached hydrogen (secondary N) is 1. The summed E-state index contributed by atoms with van der Waals surface area (Å²) in [5.74, 6) is 0. The summed E-state index contributed by atoms with van der Waals surface area (Å²) in [6.07, 6.45) is 3.69. The molecule has 2 aliphatic heterocycles. The largest absolute Gasteiger partial charge is 0.394 e. The zero-order valence-corrected chi connectivity index (χ0v) is 14.5. The number of nitrogens with zero attached hydrogens (tertiary/aromatic N) is 1. The molecule has 2 saturated heterocycles. The lowest BCUT2D eigenvalue weighted by molar-refractivity contribution is 0.0496. The van der Waals surface area contributed by atoms with Crippen molar-refractivity contribution in [1.82, 2.24) is 10.2 Å². The Morgan fingerprint density at radius 3 is 2.83 bits per heavy atom. The van der Waals surface area contributed by atoms with Crippen LogP contribution in [-0.4, -0.2) is 55.0 Å². The topological polar surface area (TPSA) is 61.8 Å². The lowest BCUT2D eigenvalue weighted by Crippen LogP contribution is -2.50. The van der Waals surface area contributed by atoms with Crippen molar-refractivity contribution in [2.45, 2.75) is 44.1 Å². The van der Waals surface area contributed by atoms with Gasteiger partial charge < -0.3 is 20.1 Å². The van der Waals surface area contributed by atoms with Crippen LogP contribution in [0, 0.1) is 6.92 Å². The zero-order chi connectivity index (χ0) is 17.0. The van der Waals surface area contributed by atoms with E-state index in [2.05, 4.69) is 36.5 Å². The van der Waals surface area contributed by atoms with Gasteiger partial charge in [0.05, 0.1) is 12.6 Å². The van der Waals surface area contributed by atoms with E-state index in [9.17, 15) is 9.90 Å². The number of aryl methyl sites for hydroxylation is 1. The van der Waals surface area contributed by atoms with Crippen LogP contribution in [0.5, 0.6) is 0 Å². The van der Waals surface area contributed by atoms with E-state index in [4.69, 9.17) is 4.74 Å². The quantitative estimate of drug-likeness (QED) is 0.889. The average molecular weight is 332 g/mol. The van der Waals surface area contributed by atoms with E-state index in [0.717, 1.165) is 45.4 Å². The maximum Gasteiger partial charge on any atom is 0.317 e. The molecule has 2 amide bonds. The summed E-state index contributed by atoms with van der Waals surface area (Å²) in [7, 11) is 0. The van der Waals surface area contributed by atoms with Gasteiger partial charge in [-0.15, -0.1) is 0 Å². The number of likely N-dealkylation sites (tertiary alicyclic amines) is 1. The molecule has 2 heterocycles. The molecular weight excluding hydrogens is 304 g/mol. The van der Waals surface area contributed by atoms with Gasteiger partial charge in [0.15, 0.2) is 0 Å². The first-order valence-corrected chi connectivity index (χ1v) is 8.95. The highest BCUT2D eigenvalue weighted by Gasteiger charge is 2.37. The van der Waals surface area contributed by atoms with Gasteiger partial charge in [-0.3, -0.25) is 0 Å². The second-order valence-electron chi connectivity index (χ2n) is 7.04. The Labute approximate surface area is 144 Å². The van der Waals surface area contributed by atoms with Gasteiger partial charge in [0.25, 0.3) is 0 Å². The minimum atomic E-state index is -0.0618. The van der Waals surface area contributed by atoms with Crippen molar-refractivity contribution in [3.05, 3.63) is 35.4 Å². The molecule has 2 aliphatic rings. The Kier molecular flexibility index (Phi) is 5.41. The van der Waals surface area contributed by atoms with Gasteiger partial charge in [0, 0.05) is 31.7 Å². The number of benzene rings is 1. The fourth-order valence-corrected chi connectivity index (χ4v) is 4.11. The van der Waals surface area contributed by atoms with Crippen molar-refractivity contribution in [3.63, 3.8) is 0 Å². The second-order valence-corrected chi connectivity index (χ2v) is 7.04. The standard InChI is InChI=1S/C19H28N2O3/c1-15-5-2-3-7-17(15)19(8-11-24-12-9-19)14-20-18(23)21-10-4-6-16(21)13-22/h2-3,5,7,16,22H,4,6,8-14H2,1H3,(H,20,23). The first kappa shape index (κ1) is 17.2. The second kappa shape index (κ2) is 7.53. The molecule has 2 fully saturated rings. The van der Waals surface area contributed by atoms with Crippen molar-refractivity contribution >= 4 is 6.03 Å². The van der Waals surface area contributed by atoms with E-state index in [1.54, 1.807) is 4.90 Å². The number of hydrogen-bond acceptors (Lipinski definition) is 3. The summed E-state index contributed by atoms with van der Waals surface area (Å²) in [5.41, 5.74) is 2.52. The number of carbonyl (C=O) groups excluding carboxylic acids is 1. The van der Waals surface area contributed by atoms with Gasteiger partial charge in [-0.05, 0) is 43.7 Å². The Hall–Kier alpha value is -1.59. The number of rotatable bonds is 4. The predicted molar refractivity (Wildman–Crippen MR) is 93.1 cm³/mol. The number of ether oxygens (including phenoxy) is 1. The maximum atomic E-state index is 12.6. The molecule has 5 heteroatoms.